The van der Waals surface area contributed by atoms with Gasteiger partial charge in [-0.25, -0.2) is 4.79 Å². The van der Waals surface area contributed by atoms with E-state index in [0.29, 0.717) is 5.56 Å². The Morgan fingerprint density at radius 1 is 1.58 bits per heavy atom. The third kappa shape index (κ3) is 4.52. The van der Waals surface area contributed by atoms with Crippen molar-refractivity contribution < 1.29 is 14.7 Å². The lowest BCUT2D eigenvalue weighted by molar-refractivity contribution is -0.131. The van der Waals surface area contributed by atoms with Crippen LogP contribution in [0.15, 0.2) is 17.5 Å². The summed E-state index contributed by atoms with van der Waals surface area (Å²) in [6.07, 6.45) is 6.17. The molecular formula is C14H17NO3S. The molecule has 102 valence electrons. The normalized spacial score (nSPS) is 16.5. The predicted octanol–water partition coefficient (Wildman–Crippen LogP) is 2.76. The fourth-order valence-corrected chi connectivity index (χ4v) is 2.71. The maximum Gasteiger partial charge on any atom is 0.328 e. The molecular weight excluding hydrogens is 262 g/mol. The number of rotatable bonds is 6. The molecule has 1 aromatic heterocycles. The smallest absolute Gasteiger partial charge is 0.328 e. The minimum absolute atomic E-state index is 0.0839. The third-order valence-electron chi connectivity index (χ3n) is 3.03. The van der Waals surface area contributed by atoms with E-state index in [9.17, 15) is 9.59 Å². The van der Waals surface area contributed by atoms with Gasteiger partial charge in [0.2, 0.25) is 0 Å². The summed E-state index contributed by atoms with van der Waals surface area (Å²) in [5, 5.41) is 13.3. The maximum absolute atomic E-state index is 12.0. The van der Waals surface area contributed by atoms with Crippen LogP contribution >= 0.6 is 11.3 Å². The first kappa shape index (κ1) is 13.8. The molecule has 0 aromatic carbocycles. The summed E-state index contributed by atoms with van der Waals surface area (Å²) in [6.45, 7) is 2.02. The van der Waals surface area contributed by atoms with E-state index in [0.717, 1.165) is 23.3 Å². The van der Waals surface area contributed by atoms with Crippen LogP contribution in [0.25, 0.3) is 6.08 Å². The molecule has 1 atom stereocenters. The Kier molecular flexibility index (Phi) is 4.37. The van der Waals surface area contributed by atoms with Crippen LogP contribution in [0.5, 0.6) is 0 Å². The van der Waals surface area contributed by atoms with Crippen molar-refractivity contribution in [2.75, 3.05) is 0 Å². The zero-order chi connectivity index (χ0) is 13.8. The first-order valence-electron chi connectivity index (χ1n) is 6.35. The van der Waals surface area contributed by atoms with Crippen LogP contribution in [0.4, 0.5) is 0 Å². The second-order valence-electron chi connectivity index (χ2n) is 4.96. The van der Waals surface area contributed by atoms with E-state index in [-0.39, 0.29) is 11.9 Å². The predicted molar refractivity (Wildman–Crippen MR) is 75.3 cm³/mol. The van der Waals surface area contributed by atoms with Crippen LogP contribution in [-0.4, -0.2) is 23.0 Å². The number of hydrogen-bond donors (Lipinski definition) is 2. The molecule has 2 rings (SSSR count). The Bertz CT molecular complexity index is 503. The summed E-state index contributed by atoms with van der Waals surface area (Å²) in [5.41, 5.74) is 0.595. The number of amides is 1. The highest BCUT2D eigenvalue weighted by Gasteiger charge is 2.24. The average molecular weight is 279 g/mol. The van der Waals surface area contributed by atoms with Gasteiger partial charge in [-0.2, -0.15) is 0 Å². The highest BCUT2D eigenvalue weighted by atomic mass is 32.1. The van der Waals surface area contributed by atoms with Gasteiger partial charge in [-0.05, 0) is 31.4 Å². The second-order valence-corrected chi connectivity index (χ2v) is 5.91. The summed E-state index contributed by atoms with van der Waals surface area (Å²) in [7, 11) is 0. The molecule has 0 spiro atoms. The quantitative estimate of drug-likeness (QED) is 0.787. The molecule has 1 aliphatic carbocycles. The topological polar surface area (TPSA) is 66.4 Å². The van der Waals surface area contributed by atoms with E-state index in [2.05, 4.69) is 5.32 Å². The highest BCUT2D eigenvalue weighted by molar-refractivity contribution is 7.11. The van der Waals surface area contributed by atoms with Crippen molar-refractivity contribution in [1.82, 2.24) is 5.32 Å². The van der Waals surface area contributed by atoms with Crippen LogP contribution in [0, 0.1) is 5.92 Å². The lowest BCUT2D eigenvalue weighted by Gasteiger charge is -2.12. The van der Waals surface area contributed by atoms with Gasteiger partial charge in [0.25, 0.3) is 5.91 Å². The molecule has 4 nitrogen and oxygen atoms in total. The lowest BCUT2D eigenvalue weighted by atomic mass is 10.1. The molecule has 19 heavy (non-hydrogen) atoms. The molecule has 0 aliphatic heterocycles. The van der Waals surface area contributed by atoms with Crippen LogP contribution in [0.3, 0.4) is 0 Å². The van der Waals surface area contributed by atoms with E-state index < -0.39 is 5.97 Å². The highest BCUT2D eigenvalue weighted by Crippen LogP contribution is 2.33. The van der Waals surface area contributed by atoms with Crippen LogP contribution < -0.4 is 5.32 Å². The SMILES string of the molecule is CC(CC1CC1)NC(=O)c1csc(C=CC(=O)O)c1. The Balaban J connectivity index is 1.89. The number of carboxylic acids is 1. The third-order valence-corrected chi connectivity index (χ3v) is 3.93. The van der Waals surface area contributed by atoms with Gasteiger partial charge in [0.15, 0.2) is 0 Å². The molecule has 1 heterocycles. The summed E-state index contributed by atoms with van der Waals surface area (Å²) < 4.78 is 0. The van der Waals surface area contributed by atoms with Crippen molar-refractivity contribution in [1.29, 1.82) is 0 Å². The minimum Gasteiger partial charge on any atom is -0.478 e. The first-order valence-corrected chi connectivity index (χ1v) is 7.23. The summed E-state index contributed by atoms with van der Waals surface area (Å²) in [6, 6.07) is 1.90. The zero-order valence-corrected chi connectivity index (χ0v) is 11.6. The van der Waals surface area contributed by atoms with Gasteiger partial charge in [-0.15, -0.1) is 11.3 Å². The molecule has 1 unspecified atom stereocenters. The standard InChI is InChI=1S/C14H17NO3S/c1-9(6-10-2-3-10)15-14(18)11-7-12(19-8-11)4-5-13(16)17/h4-5,7-10H,2-3,6H2,1H3,(H,15,18)(H,16,17). The largest absolute Gasteiger partial charge is 0.478 e. The van der Waals surface area contributed by atoms with Crippen molar-refractivity contribution in [3.63, 3.8) is 0 Å². The molecule has 0 radical (unpaired) electrons. The van der Waals surface area contributed by atoms with Crippen molar-refractivity contribution in [2.45, 2.75) is 32.2 Å². The summed E-state index contributed by atoms with van der Waals surface area (Å²) in [4.78, 5) is 23.1. The van der Waals surface area contributed by atoms with E-state index in [1.54, 1.807) is 11.4 Å². The van der Waals surface area contributed by atoms with Crippen molar-refractivity contribution >= 4 is 29.3 Å². The monoisotopic (exact) mass is 279 g/mol. The summed E-state index contributed by atoms with van der Waals surface area (Å²) >= 11 is 1.36. The molecule has 1 fully saturated rings. The molecule has 0 saturated heterocycles. The molecule has 1 amide bonds. The maximum atomic E-state index is 12.0. The van der Waals surface area contributed by atoms with E-state index in [1.807, 2.05) is 6.92 Å². The number of nitrogens with one attached hydrogen (secondary N) is 1. The van der Waals surface area contributed by atoms with E-state index in [4.69, 9.17) is 5.11 Å². The zero-order valence-electron chi connectivity index (χ0n) is 10.8. The van der Waals surface area contributed by atoms with Gasteiger partial charge in [-0.1, -0.05) is 12.8 Å². The summed E-state index contributed by atoms with van der Waals surface area (Å²) in [5.74, 6) is -0.288. The number of thiophene rings is 1. The number of carbonyl (C=O) groups excluding carboxylic acids is 1. The van der Waals surface area contributed by atoms with Gasteiger partial charge in [0.1, 0.15) is 0 Å². The van der Waals surface area contributed by atoms with Gasteiger partial charge in [0.05, 0.1) is 5.56 Å². The second kappa shape index (κ2) is 6.02. The Morgan fingerprint density at radius 2 is 2.32 bits per heavy atom. The molecule has 1 aromatic rings. The van der Waals surface area contributed by atoms with Crippen LogP contribution in [0.2, 0.25) is 0 Å². The fourth-order valence-electron chi connectivity index (χ4n) is 1.93. The number of carboxylic acid groups (broad SMARTS) is 1. The van der Waals surface area contributed by atoms with Gasteiger partial charge >= 0.3 is 5.97 Å². The van der Waals surface area contributed by atoms with E-state index >= 15 is 0 Å². The molecule has 1 saturated carbocycles. The number of aliphatic carboxylic acids is 1. The Morgan fingerprint density at radius 3 is 2.95 bits per heavy atom. The van der Waals surface area contributed by atoms with Gasteiger partial charge in [0, 0.05) is 22.4 Å². The van der Waals surface area contributed by atoms with Gasteiger partial charge < -0.3 is 10.4 Å². The molecule has 2 N–H and O–H groups in total. The van der Waals surface area contributed by atoms with Crippen LogP contribution in [0.1, 0.15) is 41.4 Å². The number of carbonyl (C=O) groups is 2. The first-order chi connectivity index (χ1) is 9.04. The minimum atomic E-state index is -0.988. The van der Waals surface area contributed by atoms with Crippen molar-refractivity contribution in [3.8, 4) is 0 Å². The van der Waals surface area contributed by atoms with Crippen LogP contribution in [-0.2, 0) is 4.79 Å². The van der Waals surface area contributed by atoms with Crippen molar-refractivity contribution in [3.05, 3.63) is 28.0 Å². The number of hydrogen-bond acceptors (Lipinski definition) is 3. The Hall–Kier alpha value is -1.62. The molecule has 0 bridgehead atoms. The lowest BCUT2D eigenvalue weighted by Crippen LogP contribution is -2.32. The van der Waals surface area contributed by atoms with E-state index in [1.165, 1.54) is 30.3 Å². The molecule has 1 aliphatic rings. The Labute approximate surface area is 116 Å². The van der Waals surface area contributed by atoms with Gasteiger partial charge in [-0.3, -0.25) is 4.79 Å². The molecule has 5 heteroatoms. The fraction of sp³-hybridized carbons (Fsp3) is 0.429. The van der Waals surface area contributed by atoms with Crippen molar-refractivity contribution in [2.24, 2.45) is 5.92 Å². The average Bonchev–Trinajstić information content (AvgIpc) is 3.01.